The molecule has 7 heteroatoms. The lowest BCUT2D eigenvalue weighted by Gasteiger charge is -2.17. The van der Waals surface area contributed by atoms with E-state index in [0.717, 1.165) is 10.6 Å². The van der Waals surface area contributed by atoms with Gasteiger partial charge >= 0.3 is 5.97 Å². The average molecular weight is 404 g/mol. The minimum atomic E-state index is -0.576. The summed E-state index contributed by atoms with van der Waals surface area (Å²) < 4.78 is 5.15. The molecule has 0 aliphatic carbocycles. The van der Waals surface area contributed by atoms with Crippen molar-refractivity contribution in [3.8, 4) is 0 Å². The molecular weight excluding hydrogens is 386 g/mol. The number of Topliss-reactive ketones (excluding diaryl/α,β-unsaturated/α-hetero) is 1. The van der Waals surface area contributed by atoms with Crippen molar-refractivity contribution in [1.29, 1.82) is 0 Å². The quantitative estimate of drug-likeness (QED) is 0.416. The molecule has 5 nitrogen and oxygen atoms in total. The molecule has 0 N–H and O–H groups in total. The Labute approximate surface area is 166 Å². The predicted octanol–water partition coefficient (Wildman–Crippen LogP) is 3.84. The number of carbonyl (C=O) groups excluding carboxylic acids is 3. The summed E-state index contributed by atoms with van der Waals surface area (Å²) in [5, 5.41) is 0.527. The van der Waals surface area contributed by atoms with Crippen LogP contribution in [0.25, 0.3) is 0 Å². The third-order valence-corrected chi connectivity index (χ3v) is 5.31. The van der Waals surface area contributed by atoms with E-state index in [9.17, 15) is 14.4 Å². The number of hydrogen-bond donors (Lipinski definition) is 0. The van der Waals surface area contributed by atoms with Crippen LogP contribution < -0.4 is 4.90 Å². The van der Waals surface area contributed by atoms with Crippen molar-refractivity contribution in [2.75, 3.05) is 24.3 Å². The first-order valence-corrected chi connectivity index (χ1v) is 9.98. The number of amides is 1. The summed E-state index contributed by atoms with van der Waals surface area (Å²) >= 11 is 7.38. The highest BCUT2D eigenvalue weighted by Gasteiger charge is 2.36. The van der Waals surface area contributed by atoms with Crippen LogP contribution in [0.15, 0.2) is 53.4 Å². The molecule has 0 bridgehead atoms. The average Bonchev–Trinajstić information content (AvgIpc) is 3.08. The number of hydrogen-bond acceptors (Lipinski definition) is 5. The van der Waals surface area contributed by atoms with Gasteiger partial charge in [-0.25, -0.2) is 0 Å². The zero-order chi connectivity index (χ0) is 19.4. The molecule has 0 saturated carbocycles. The van der Waals surface area contributed by atoms with E-state index < -0.39 is 11.9 Å². The summed E-state index contributed by atoms with van der Waals surface area (Å²) in [4.78, 5) is 39.3. The standard InChI is InChI=1S/C20H18ClNO4S/c1-27-17-4-2-3-16(10-17)22-11-14(9-19(22)24)20(25)26-12-18(23)13-5-7-15(21)8-6-13/h2-8,10,14H,9,11-12H2,1H3/t14-/m1/s1. The second-order valence-corrected chi connectivity index (χ2v) is 7.46. The molecule has 1 heterocycles. The number of halogens is 1. The molecule has 1 fully saturated rings. The van der Waals surface area contributed by atoms with Gasteiger partial charge in [-0.3, -0.25) is 14.4 Å². The van der Waals surface area contributed by atoms with Crippen molar-refractivity contribution in [1.82, 2.24) is 0 Å². The minimum Gasteiger partial charge on any atom is -0.457 e. The molecule has 2 aromatic rings. The number of nitrogens with zero attached hydrogens (tertiary/aromatic N) is 1. The molecule has 0 radical (unpaired) electrons. The van der Waals surface area contributed by atoms with Crippen LogP contribution in [0, 0.1) is 5.92 Å². The van der Waals surface area contributed by atoms with Gasteiger partial charge in [-0.2, -0.15) is 0 Å². The second-order valence-electron chi connectivity index (χ2n) is 6.14. The van der Waals surface area contributed by atoms with Crippen molar-refractivity contribution in [2.45, 2.75) is 11.3 Å². The van der Waals surface area contributed by atoms with E-state index in [-0.39, 0.29) is 31.3 Å². The SMILES string of the molecule is CSc1cccc(N2C[C@H](C(=O)OCC(=O)c3ccc(Cl)cc3)CC2=O)c1. The summed E-state index contributed by atoms with van der Waals surface area (Å²) in [6, 6.07) is 14.0. The van der Waals surface area contributed by atoms with Crippen LogP contribution in [0.4, 0.5) is 5.69 Å². The van der Waals surface area contributed by atoms with Crippen LogP contribution in [0.1, 0.15) is 16.8 Å². The Kier molecular flexibility index (Phi) is 6.19. The molecule has 1 saturated heterocycles. The topological polar surface area (TPSA) is 63.7 Å². The monoisotopic (exact) mass is 403 g/mol. The Hall–Kier alpha value is -2.31. The van der Waals surface area contributed by atoms with Gasteiger partial charge in [-0.05, 0) is 48.7 Å². The number of carbonyl (C=O) groups is 3. The number of benzene rings is 2. The summed E-state index contributed by atoms with van der Waals surface area (Å²) in [5.41, 5.74) is 1.18. The van der Waals surface area contributed by atoms with Gasteiger partial charge in [0.1, 0.15) is 0 Å². The van der Waals surface area contributed by atoms with Gasteiger partial charge in [0.2, 0.25) is 5.91 Å². The van der Waals surface area contributed by atoms with Crippen LogP contribution in [0.5, 0.6) is 0 Å². The number of ether oxygens (including phenoxy) is 1. The van der Waals surface area contributed by atoms with Crippen LogP contribution in [-0.2, 0) is 14.3 Å². The number of thioether (sulfide) groups is 1. The van der Waals surface area contributed by atoms with Gasteiger partial charge in [-0.15, -0.1) is 11.8 Å². The Morgan fingerprint density at radius 2 is 1.96 bits per heavy atom. The first-order chi connectivity index (χ1) is 13.0. The minimum absolute atomic E-state index is 0.0808. The maximum absolute atomic E-state index is 12.3. The first kappa shape index (κ1) is 19.5. The Morgan fingerprint density at radius 3 is 2.67 bits per heavy atom. The van der Waals surface area contributed by atoms with Crippen LogP contribution in [-0.4, -0.2) is 37.1 Å². The first-order valence-electron chi connectivity index (χ1n) is 8.37. The number of ketones is 1. The van der Waals surface area contributed by atoms with E-state index in [1.807, 2.05) is 30.5 Å². The predicted molar refractivity (Wildman–Crippen MR) is 105 cm³/mol. The Morgan fingerprint density at radius 1 is 1.22 bits per heavy atom. The molecule has 3 rings (SSSR count). The summed E-state index contributed by atoms with van der Waals surface area (Å²) in [6.45, 7) is -0.0995. The van der Waals surface area contributed by atoms with Crippen molar-refractivity contribution >= 4 is 46.7 Å². The fourth-order valence-electron chi connectivity index (χ4n) is 2.87. The third-order valence-electron chi connectivity index (χ3n) is 4.34. The van der Waals surface area contributed by atoms with Crippen molar-refractivity contribution in [3.05, 3.63) is 59.1 Å². The number of rotatable bonds is 6. The van der Waals surface area contributed by atoms with Crippen molar-refractivity contribution in [3.63, 3.8) is 0 Å². The van der Waals surface area contributed by atoms with E-state index in [2.05, 4.69) is 0 Å². The van der Waals surface area contributed by atoms with E-state index in [0.29, 0.717) is 10.6 Å². The second kappa shape index (κ2) is 8.59. The van der Waals surface area contributed by atoms with Gasteiger partial charge in [0.25, 0.3) is 0 Å². The molecule has 1 atom stereocenters. The molecule has 1 amide bonds. The highest BCUT2D eigenvalue weighted by Crippen LogP contribution is 2.28. The van der Waals surface area contributed by atoms with Crippen molar-refractivity contribution in [2.24, 2.45) is 5.92 Å². The fourth-order valence-corrected chi connectivity index (χ4v) is 3.45. The molecule has 140 valence electrons. The van der Waals surface area contributed by atoms with E-state index in [4.69, 9.17) is 16.3 Å². The van der Waals surface area contributed by atoms with Gasteiger partial charge in [0.15, 0.2) is 12.4 Å². The normalized spacial score (nSPS) is 16.4. The summed E-state index contributed by atoms with van der Waals surface area (Å²) in [6.07, 6.45) is 2.04. The highest BCUT2D eigenvalue weighted by atomic mass is 35.5. The molecular formula is C20H18ClNO4S. The van der Waals surface area contributed by atoms with Crippen molar-refractivity contribution < 1.29 is 19.1 Å². The van der Waals surface area contributed by atoms with Gasteiger partial charge in [0.05, 0.1) is 5.92 Å². The Balaban J connectivity index is 1.58. The number of anilines is 1. The highest BCUT2D eigenvalue weighted by molar-refractivity contribution is 7.98. The van der Waals surface area contributed by atoms with Crippen LogP contribution >= 0.6 is 23.4 Å². The van der Waals surface area contributed by atoms with Gasteiger partial charge < -0.3 is 9.64 Å². The lowest BCUT2D eigenvalue weighted by molar-refractivity contribution is -0.147. The molecule has 1 aliphatic heterocycles. The Bertz CT molecular complexity index is 869. The van der Waals surface area contributed by atoms with E-state index >= 15 is 0 Å². The third kappa shape index (κ3) is 4.70. The summed E-state index contributed by atoms with van der Waals surface area (Å²) in [7, 11) is 0. The molecule has 1 aliphatic rings. The van der Waals surface area contributed by atoms with E-state index in [1.165, 1.54) is 0 Å². The lowest BCUT2D eigenvalue weighted by Crippen LogP contribution is -2.27. The molecule has 0 aromatic heterocycles. The largest absolute Gasteiger partial charge is 0.457 e. The van der Waals surface area contributed by atoms with Gasteiger partial charge in [0, 0.05) is 34.1 Å². The number of esters is 1. The zero-order valence-corrected chi connectivity index (χ0v) is 16.3. The maximum Gasteiger partial charge on any atom is 0.311 e. The van der Waals surface area contributed by atoms with Crippen LogP contribution in [0.2, 0.25) is 5.02 Å². The van der Waals surface area contributed by atoms with Gasteiger partial charge in [-0.1, -0.05) is 17.7 Å². The maximum atomic E-state index is 12.3. The fraction of sp³-hybridized carbons (Fsp3) is 0.250. The molecule has 0 spiro atoms. The molecule has 2 aromatic carbocycles. The lowest BCUT2D eigenvalue weighted by atomic mass is 10.1. The van der Waals surface area contributed by atoms with E-state index in [1.54, 1.807) is 40.9 Å². The molecule has 27 heavy (non-hydrogen) atoms. The smallest absolute Gasteiger partial charge is 0.311 e. The zero-order valence-electron chi connectivity index (χ0n) is 14.7. The van der Waals surface area contributed by atoms with Crippen LogP contribution in [0.3, 0.4) is 0 Å². The molecule has 0 unspecified atom stereocenters. The summed E-state index contributed by atoms with van der Waals surface area (Å²) in [5.74, 6) is -1.55.